The smallest absolute Gasteiger partial charge is 0.256 e. The average molecular weight is 372 g/mol. The fraction of sp³-hybridized carbons (Fsp3) is 0.400. The minimum Gasteiger partial charge on any atom is -0.350 e. The first kappa shape index (κ1) is 18.6. The van der Waals surface area contributed by atoms with Gasteiger partial charge in [-0.2, -0.15) is 0 Å². The summed E-state index contributed by atoms with van der Waals surface area (Å²) < 4.78 is 0. The van der Waals surface area contributed by atoms with Crippen LogP contribution in [0.4, 0.5) is 5.00 Å². The van der Waals surface area contributed by atoms with Gasteiger partial charge in [-0.25, -0.2) is 0 Å². The van der Waals surface area contributed by atoms with Crippen LogP contribution in [0.1, 0.15) is 58.9 Å². The summed E-state index contributed by atoms with van der Waals surface area (Å²) in [6.07, 6.45) is 2.29. The lowest BCUT2D eigenvalue weighted by Gasteiger charge is -2.12. The molecule has 0 aliphatic heterocycles. The first-order chi connectivity index (χ1) is 12.5. The summed E-state index contributed by atoms with van der Waals surface area (Å²) in [6.45, 7) is 4.69. The Bertz CT molecular complexity index is 779. The second-order valence-electron chi connectivity index (χ2n) is 7.11. The van der Waals surface area contributed by atoms with Crippen molar-refractivity contribution in [1.82, 2.24) is 5.32 Å². The summed E-state index contributed by atoms with van der Waals surface area (Å²) in [5.41, 5.74) is 8.26. The molecule has 138 valence electrons. The molecule has 0 spiro atoms. The molecular weight excluding hydrogens is 346 g/mol. The van der Waals surface area contributed by atoms with Gasteiger partial charge in [-0.3, -0.25) is 9.59 Å². The standard InChI is InChI=1S/C20H25N3O2S/c1-12(2)13-3-7-15(8-4-13)18(24)23-20-16(9-10-26-20)19(25)22-11-17(21)14-5-6-14/h3-4,7-10,12,14,17H,5-6,11,21H2,1-2H3,(H,22,25)(H,23,24). The number of benzene rings is 1. The topological polar surface area (TPSA) is 84.2 Å². The normalized spacial score (nSPS) is 14.9. The molecule has 0 saturated heterocycles. The van der Waals surface area contributed by atoms with Gasteiger partial charge in [-0.05, 0) is 53.8 Å². The molecule has 6 heteroatoms. The van der Waals surface area contributed by atoms with Crippen molar-refractivity contribution >= 4 is 28.2 Å². The van der Waals surface area contributed by atoms with E-state index in [0.717, 1.165) is 12.8 Å². The third kappa shape index (κ3) is 4.51. The van der Waals surface area contributed by atoms with E-state index < -0.39 is 0 Å². The monoisotopic (exact) mass is 371 g/mol. The highest BCUT2D eigenvalue weighted by Crippen LogP contribution is 2.31. The van der Waals surface area contributed by atoms with Crippen LogP contribution in [0.3, 0.4) is 0 Å². The van der Waals surface area contributed by atoms with E-state index >= 15 is 0 Å². The van der Waals surface area contributed by atoms with Gasteiger partial charge in [-0.15, -0.1) is 11.3 Å². The number of thiophene rings is 1. The number of carbonyl (C=O) groups excluding carboxylic acids is 2. The van der Waals surface area contributed by atoms with Gasteiger partial charge in [0, 0.05) is 18.2 Å². The fourth-order valence-electron chi connectivity index (χ4n) is 2.78. The van der Waals surface area contributed by atoms with E-state index in [1.807, 2.05) is 24.3 Å². The number of anilines is 1. The molecule has 1 aliphatic carbocycles. The molecule has 0 radical (unpaired) electrons. The molecular formula is C20H25N3O2S. The van der Waals surface area contributed by atoms with Crippen molar-refractivity contribution in [3.8, 4) is 0 Å². The zero-order chi connectivity index (χ0) is 18.7. The van der Waals surface area contributed by atoms with Crippen LogP contribution in [0.25, 0.3) is 0 Å². The number of carbonyl (C=O) groups is 2. The van der Waals surface area contributed by atoms with Crippen molar-refractivity contribution in [3.05, 3.63) is 52.4 Å². The molecule has 3 rings (SSSR count). The zero-order valence-corrected chi connectivity index (χ0v) is 15.9. The average Bonchev–Trinajstić information content (AvgIpc) is 3.39. The van der Waals surface area contributed by atoms with Crippen LogP contribution >= 0.6 is 11.3 Å². The van der Waals surface area contributed by atoms with Crippen molar-refractivity contribution in [2.24, 2.45) is 11.7 Å². The van der Waals surface area contributed by atoms with E-state index in [9.17, 15) is 9.59 Å². The van der Waals surface area contributed by atoms with Gasteiger partial charge in [-0.1, -0.05) is 26.0 Å². The first-order valence-electron chi connectivity index (χ1n) is 8.98. The molecule has 1 unspecified atom stereocenters. The molecule has 1 atom stereocenters. The van der Waals surface area contributed by atoms with E-state index in [2.05, 4.69) is 24.5 Å². The number of rotatable bonds is 7. The van der Waals surface area contributed by atoms with E-state index in [1.54, 1.807) is 11.4 Å². The maximum atomic E-state index is 12.5. The first-order valence-corrected chi connectivity index (χ1v) is 9.86. The van der Waals surface area contributed by atoms with Crippen LogP contribution in [0.2, 0.25) is 0 Å². The van der Waals surface area contributed by atoms with Crippen molar-refractivity contribution in [2.75, 3.05) is 11.9 Å². The van der Waals surface area contributed by atoms with Gasteiger partial charge in [0.25, 0.3) is 11.8 Å². The number of amides is 2. The summed E-state index contributed by atoms with van der Waals surface area (Å²) >= 11 is 1.34. The number of hydrogen-bond acceptors (Lipinski definition) is 4. The predicted octanol–water partition coefficient (Wildman–Crippen LogP) is 3.59. The van der Waals surface area contributed by atoms with Crippen LogP contribution < -0.4 is 16.4 Å². The number of nitrogens with two attached hydrogens (primary N) is 1. The molecule has 5 nitrogen and oxygen atoms in total. The molecule has 0 bridgehead atoms. The van der Waals surface area contributed by atoms with Crippen LogP contribution in [0.5, 0.6) is 0 Å². The fourth-order valence-corrected chi connectivity index (χ4v) is 3.56. The van der Waals surface area contributed by atoms with Gasteiger partial charge < -0.3 is 16.4 Å². The Morgan fingerprint density at radius 2 is 1.85 bits per heavy atom. The molecule has 1 fully saturated rings. The summed E-state index contributed by atoms with van der Waals surface area (Å²) in [6, 6.07) is 9.27. The second kappa shape index (κ2) is 8.01. The van der Waals surface area contributed by atoms with Gasteiger partial charge in [0.2, 0.25) is 0 Å². The lowest BCUT2D eigenvalue weighted by atomic mass is 10.0. The summed E-state index contributed by atoms with van der Waals surface area (Å²) in [4.78, 5) is 24.9. The highest BCUT2D eigenvalue weighted by Gasteiger charge is 2.28. The highest BCUT2D eigenvalue weighted by atomic mass is 32.1. The van der Waals surface area contributed by atoms with Crippen molar-refractivity contribution in [3.63, 3.8) is 0 Å². The Morgan fingerprint density at radius 1 is 1.15 bits per heavy atom. The van der Waals surface area contributed by atoms with Crippen LogP contribution in [0, 0.1) is 5.92 Å². The molecule has 26 heavy (non-hydrogen) atoms. The maximum Gasteiger partial charge on any atom is 0.256 e. The highest BCUT2D eigenvalue weighted by molar-refractivity contribution is 7.14. The number of nitrogens with one attached hydrogen (secondary N) is 2. The molecule has 2 amide bonds. The van der Waals surface area contributed by atoms with Crippen LogP contribution in [-0.4, -0.2) is 24.4 Å². The van der Waals surface area contributed by atoms with Gasteiger partial charge in [0.15, 0.2) is 0 Å². The Balaban J connectivity index is 1.62. The third-order valence-corrected chi connectivity index (χ3v) is 5.53. The van der Waals surface area contributed by atoms with Gasteiger partial charge in [0.05, 0.1) is 5.56 Å². The van der Waals surface area contributed by atoms with Gasteiger partial charge in [0.1, 0.15) is 5.00 Å². The van der Waals surface area contributed by atoms with E-state index in [0.29, 0.717) is 34.5 Å². The van der Waals surface area contributed by atoms with E-state index in [1.165, 1.54) is 16.9 Å². The molecule has 1 saturated carbocycles. The van der Waals surface area contributed by atoms with Crippen LogP contribution in [-0.2, 0) is 0 Å². The molecule has 1 aliphatic rings. The summed E-state index contributed by atoms with van der Waals surface area (Å²) in [5, 5.41) is 8.07. The van der Waals surface area contributed by atoms with Crippen molar-refractivity contribution < 1.29 is 9.59 Å². The van der Waals surface area contributed by atoms with Crippen molar-refractivity contribution in [2.45, 2.75) is 38.6 Å². The predicted molar refractivity (Wildman–Crippen MR) is 106 cm³/mol. The Kier molecular flexibility index (Phi) is 5.74. The quantitative estimate of drug-likeness (QED) is 0.695. The molecule has 1 aromatic carbocycles. The lowest BCUT2D eigenvalue weighted by molar-refractivity contribution is 0.0951. The Morgan fingerprint density at radius 3 is 2.46 bits per heavy atom. The molecule has 1 aromatic heterocycles. The maximum absolute atomic E-state index is 12.5. The second-order valence-corrected chi connectivity index (χ2v) is 8.02. The van der Waals surface area contributed by atoms with Gasteiger partial charge >= 0.3 is 0 Å². The number of hydrogen-bond donors (Lipinski definition) is 3. The van der Waals surface area contributed by atoms with E-state index in [4.69, 9.17) is 5.73 Å². The minimum absolute atomic E-state index is 0.00935. The summed E-state index contributed by atoms with van der Waals surface area (Å²) in [7, 11) is 0. The van der Waals surface area contributed by atoms with Crippen molar-refractivity contribution in [1.29, 1.82) is 0 Å². The SMILES string of the molecule is CC(C)c1ccc(C(=O)Nc2sccc2C(=O)NCC(N)C2CC2)cc1. The Hall–Kier alpha value is -2.18. The van der Waals surface area contributed by atoms with E-state index in [-0.39, 0.29) is 17.9 Å². The molecule has 1 heterocycles. The third-order valence-electron chi connectivity index (χ3n) is 4.70. The molecule has 4 N–H and O–H groups in total. The zero-order valence-electron chi connectivity index (χ0n) is 15.1. The minimum atomic E-state index is -0.216. The Labute approximate surface area is 158 Å². The summed E-state index contributed by atoms with van der Waals surface area (Å²) in [5.74, 6) is 0.534. The molecule has 2 aromatic rings. The lowest BCUT2D eigenvalue weighted by Crippen LogP contribution is -2.38. The van der Waals surface area contributed by atoms with Crippen LogP contribution in [0.15, 0.2) is 35.7 Å². The largest absolute Gasteiger partial charge is 0.350 e.